The van der Waals surface area contributed by atoms with Gasteiger partial charge in [0.15, 0.2) is 0 Å². The molecule has 0 aliphatic carbocycles. The zero-order valence-electron chi connectivity index (χ0n) is 12.4. The average Bonchev–Trinajstić information content (AvgIpc) is 3.00. The first-order valence-corrected chi connectivity index (χ1v) is 8.17. The minimum atomic E-state index is -0.852. The summed E-state index contributed by atoms with van der Waals surface area (Å²) in [5.41, 5.74) is 0. The fraction of sp³-hybridized carbons (Fsp3) is 0.533. The van der Waals surface area contributed by atoms with Crippen LogP contribution in [0.1, 0.15) is 29.4 Å². The SMILES string of the molecule is CC1CC(C(=O)O)CN(C(=O)CCNC(=O)c2cccs2)C1. The first-order valence-electron chi connectivity index (χ1n) is 7.29. The van der Waals surface area contributed by atoms with Gasteiger partial charge >= 0.3 is 5.97 Å². The molecule has 2 N–H and O–H groups in total. The molecule has 0 radical (unpaired) electrons. The van der Waals surface area contributed by atoms with Crippen LogP contribution in [0.5, 0.6) is 0 Å². The number of rotatable bonds is 5. The summed E-state index contributed by atoms with van der Waals surface area (Å²) in [6.07, 6.45) is 0.796. The smallest absolute Gasteiger partial charge is 0.308 e. The molecule has 1 fully saturated rings. The van der Waals surface area contributed by atoms with Crippen LogP contribution in [0.15, 0.2) is 17.5 Å². The third-order valence-electron chi connectivity index (χ3n) is 3.73. The minimum Gasteiger partial charge on any atom is -0.481 e. The number of carboxylic acid groups (broad SMARTS) is 1. The Hall–Kier alpha value is -1.89. The lowest BCUT2D eigenvalue weighted by Crippen LogP contribution is -2.46. The lowest BCUT2D eigenvalue weighted by atomic mass is 9.90. The van der Waals surface area contributed by atoms with E-state index in [9.17, 15) is 14.4 Å². The molecular formula is C15H20N2O4S. The summed E-state index contributed by atoms with van der Waals surface area (Å²) in [5, 5.41) is 13.6. The Morgan fingerprint density at radius 1 is 1.41 bits per heavy atom. The third kappa shape index (κ3) is 4.30. The number of carbonyl (C=O) groups is 3. The number of piperidine rings is 1. The molecule has 0 saturated carbocycles. The van der Waals surface area contributed by atoms with Crippen molar-refractivity contribution >= 4 is 29.1 Å². The van der Waals surface area contributed by atoms with Crippen LogP contribution in [0.2, 0.25) is 0 Å². The highest BCUT2D eigenvalue weighted by Crippen LogP contribution is 2.22. The van der Waals surface area contributed by atoms with Crippen molar-refractivity contribution in [2.24, 2.45) is 11.8 Å². The van der Waals surface area contributed by atoms with Gasteiger partial charge in [-0.3, -0.25) is 14.4 Å². The topological polar surface area (TPSA) is 86.7 Å². The number of nitrogens with one attached hydrogen (secondary N) is 1. The molecule has 7 heteroatoms. The molecule has 2 amide bonds. The van der Waals surface area contributed by atoms with Crippen LogP contribution in [0, 0.1) is 11.8 Å². The summed E-state index contributed by atoms with van der Waals surface area (Å²) in [7, 11) is 0. The summed E-state index contributed by atoms with van der Waals surface area (Å²) >= 11 is 1.35. The molecular weight excluding hydrogens is 304 g/mol. The molecule has 1 aromatic heterocycles. The van der Waals surface area contributed by atoms with E-state index in [0.29, 0.717) is 17.8 Å². The Morgan fingerprint density at radius 3 is 2.82 bits per heavy atom. The van der Waals surface area contributed by atoms with E-state index in [1.165, 1.54) is 11.3 Å². The largest absolute Gasteiger partial charge is 0.481 e. The van der Waals surface area contributed by atoms with Crippen molar-refractivity contribution in [3.63, 3.8) is 0 Å². The van der Waals surface area contributed by atoms with E-state index in [4.69, 9.17) is 5.11 Å². The Morgan fingerprint density at radius 2 is 2.18 bits per heavy atom. The quantitative estimate of drug-likeness (QED) is 0.858. The van der Waals surface area contributed by atoms with Crippen LogP contribution >= 0.6 is 11.3 Å². The fourth-order valence-corrected chi connectivity index (χ4v) is 3.31. The van der Waals surface area contributed by atoms with E-state index in [0.717, 1.165) is 0 Å². The van der Waals surface area contributed by atoms with Crippen LogP contribution in [0.4, 0.5) is 0 Å². The van der Waals surface area contributed by atoms with E-state index in [2.05, 4.69) is 5.32 Å². The van der Waals surface area contributed by atoms with Crippen molar-refractivity contribution in [3.8, 4) is 0 Å². The van der Waals surface area contributed by atoms with Crippen molar-refractivity contribution in [1.29, 1.82) is 0 Å². The number of amides is 2. The predicted molar refractivity (Wildman–Crippen MR) is 82.8 cm³/mol. The van der Waals surface area contributed by atoms with Gasteiger partial charge in [-0.1, -0.05) is 13.0 Å². The highest BCUT2D eigenvalue weighted by molar-refractivity contribution is 7.12. The molecule has 0 spiro atoms. The van der Waals surface area contributed by atoms with E-state index in [-0.39, 0.29) is 37.2 Å². The van der Waals surface area contributed by atoms with Gasteiger partial charge in [-0.05, 0) is 23.8 Å². The Kier molecular flexibility index (Phi) is 5.54. The lowest BCUT2D eigenvalue weighted by Gasteiger charge is -2.34. The molecule has 1 aliphatic heterocycles. The first-order chi connectivity index (χ1) is 10.5. The van der Waals surface area contributed by atoms with E-state index < -0.39 is 11.9 Å². The zero-order chi connectivity index (χ0) is 16.1. The van der Waals surface area contributed by atoms with Gasteiger partial charge < -0.3 is 15.3 Å². The van der Waals surface area contributed by atoms with Crippen molar-refractivity contribution in [2.45, 2.75) is 19.8 Å². The molecule has 6 nitrogen and oxygen atoms in total. The van der Waals surface area contributed by atoms with Crippen LogP contribution in [0.3, 0.4) is 0 Å². The number of carboxylic acids is 1. The molecule has 120 valence electrons. The summed E-state index contributed by atoms with van der Waals surface area (Å²) < 4.78 is 0. The number of carbonyl (C=O) groups excluding carboxylic acids is 2. The van der Waals surface area contributed by atoms with Crippen LogP contribution in [0.25, 0.3) is 0 Å². The summed E-state index contributed by atoms with van der Waals surface area (Å²) in [4.78, 5) is 37.2. The standard InChI is InChI=1S/C15H20N2O4S/c1-10-7-11(15(20)21)9-17(8-10)13(18)4-5-16-14(19)12-3-2-6-22-12/h2-3,6,10-11H,4-5,7-9H2,1H3,(H,16,19)(H,20,21). The second kappa shape index (κ2) is 7.40. The van der Waals surface area contributed by atoms with Gasteiger partial charge in [-0.15, -0.1) is 11.3 Å². The zero-order valence-corrected chi connectivity index (χ0v) is 13.3. The normalized spacial score (nSPS) is 21.4. The van der Waals surface area contributed by atoms with Crippen molar-refractivity contribution in [3.05, 3.63) is 22.4 Å². The molecule has 22 heavy (non-hydrogen) atoms. The second-order valence-corrected chi connectivity index (χ2v) is 6.61. The van der Waals surface area contributed by atoms with Gasteiger partial charge in [-0.2, -0.15) is 0 Å². The lowest BCUT2D eigenvalue weighted by molar-refractivity contribution is -0.146. The summed E-state index contributed by atoms with van der Waals surface area (Å²) in [6.45, 7) is 3.06. The van der Waals surface area contributed by atoms with Crippen LogP contribution < -0.4 is 5.32 Å². The predicted octanol–water partition coefficient (Wildman–Crippen LogP) is 1.44. The number of nitrogens with zero attached hydrogens (tertiary/aromatic N) is 1. The highest BCUT2D eigenvalue weighted by Gasteiger charge is 2.31. The first kappa shape index (κ1) is 16.5. The average molecular weight is 324 g/mol. The Balaban J connectivity index is 1.79. The molecule has 1 aliphatic rings. The molecule has 2 unspecified atom stereocenters. The van der Waals surface area contributed by atoms with Gasteiger partial charge in [0.1, 0.15) is 0 Å². The number of aliphatic carboxylic acids is 1. The maximum atomic E-state index is 12.2. The van der Waals surface area contributed by atoms with Gasteiger partial charge in [-0.25, -0.2) is 0 Å². The van der Waals surface area contributed by atoms with Crippen molar-refractivity contribution in [1.82, 2.24) is 10.2 Å². The maximum absolute atomic E-state index is 12.2. The fourth-order valence-electron chi connectivity index (χ4n) is 2.67. The Labute approximate surface area is 133 Å². The van der Waals surface area contributed by atoms with E-state index >= 15 is 0 Å². The molecule has 0 aromatic carbocycles. The second-order valence-electron chi connectivity index (χ2n) is 5.66. The highest BCUT2D eigenvalue weighted by atomic mass is 32.1. The summed E-state index contributed by atoms with van der Waals surface area (Å²) in [5.74, 6) is -1.45. The van der Waals surface area contributed by atoms with Crippen LogP contribution in [-0.4, -0.2) is 47.4 Å². The van der Waals surface area contributed by atoms with Gasteiger partial charge in [0.2, 0.25) is 5.91 Å². The van der Waals surface area contributed by atoms with E-state index in [1.54, 1.807) is 17.0 Å². The van der Waals surface area contributed by atoms with Crippen molar-refractivity contribution in [2.75, 3.05) is 19.6 Å². The van der Waals surface area contributed by atoms with Gasteiger partial charge in [0.05, 0.1) is 10.8 Å². The van der Waals surface area contributed by atoms with E-state index in [1.807, 2.05) is 12.3 Å². The van der Waals surface area contributed by atoms with Gasteiger partial charge in [0.25, 0.3) is 5.91 Å². The van der Waals surface area contributed by atoms with Crippen molar-refractivity contribution < 1.29 is 19.5 Å². The molecule has 1 aromatic rings. The third-order valence-corrected chi connectivity index (χ3v) is 4.60. The molecule has 1 saturated heterocycles. The van der Waals surface area contributed by atoms with Gasteiger partial charge in [0, 0.05) is 26.1 Å². The number of likely N-dealkylation sites (tertiary alicyclic amines) is 1. The number of thiophene rings is 1. The number of hydrogen-bond acceptors (Lipinski definition) is 4. The number of hydrogen-bond donors (Lipinski definition) is 2. The monoisotopic (exact) mass is 324 g/mol. The van der Waals surface area contributed by atoms with Crippen LogP contribution in [-0.2, 0) is 9.59 Å². The molecule has 2 rings (SSSR count). The maximum Gasteiger partial charge on any atom is 0.308 e. The minimum absolute atomic E-state index is 0.107. The molecule has 2 atom stereocenters. The summed E-state index contributed by atoms with van der Waals surface area (Å²) in [6, 6.07) is 3.53. The molecule has 0 bridgehead atoms. The molecule has 2 heterocycles. The Bertz CT molecular complexity index is 544.